The molecule has 0 amide bonds. The highest BCUT2D eigenvalue weighted by molar-refractivity contribution is 5.89. The molecule has 6 nitrogen and oxygen atoms in total. The molecule has 1 heterocycles. The smallest absolute Gasteiger partial charge is 0.335 e. The van der Waals surface area contributed by atoms with Crippen LogP contribution >= 0.6 is 0 Å². The van der Waals surface area contributed by atoms with E-state index in [1.165, 1.54) is 53.4 Å². The van der Waals surface area contributed by atoms with E-state index in [9.17, 15) is 18.0 Å². The van der Waals surface area contributed by atoms with E-state index in [4.69, 9.17) is 5.11 Å². The van der Waals surface area contributed by atoms with Gasteiger partial charge in [0, 0.05) is 23.4 Å². The number of halogens is 3. The fraction of sp³-hybridized carbons (Fsp3) is 0. The topological polar surface area (TPSA) is 79.5 Å². The standard InChI is InChI=1S/C23H15F3N4O2/c24-16-3-6-18(7-4-16)28-27-12-15-13-30(19-8-1-14(2-9-19)23(31)32)29-22(15)20-10-5-17(25)11-21(20)26/h1-13,28H,(H,31,32)/b27-12+. The summed E-state index contributed by atoms with van der Waals surface area (Å²) in [6, 6.07) is 14.6. The molecule has 0 bridgehead atoms. The number of rotatable bonds is 6. The highest BCUT2D eigenvalue weighted by Crippen LogP contribution is 2.26. The first-order valence-corrected chi connectivity index (χ1v) is 9.34. The highest BCUT2D eigenvalue weighted by Gasteiger charge is 2.16. The second-order valence-corrected chi connectivity index (χ2v) is 6.73. The monoisotopic (exact) mass is 436 g/mol. The quantitative estimate of drug-likeness (QED) is 0.326. The second-order valence-electron chi connectivity index (χ2n) is 6.73. The molecule has 32 heavy (non-hydrogen) atoms. The van der Waals surface area contributed by atoms with E-state index in [2.05, 4.69) is 15.6 Å². The third-order valence-corrected chi connectivity index (χ3v) is 4.55. The molecule has 0 aliphatic heterocycles. The predicted molar refractivity (Wildman–Crippen MR) is 113 cm³/mol. The van der Waals surface area contributed by atoms with Crippen LogP contribution in [0.5, 0.6) is 0 Å². The van der Waals surface area contributed by atoms with Crippen LogP contribution in [-0.4, -0.2) is 27.1 Å². The van der Waals surface area contributed by atoms with Gasteiger partial charge in [-0.15, -0.1) is 0 Å². The third-order valence-electron chi connectivity index (χ3n) is 4.55. The van der Waals surface area contributed by atoms with Crippen LogP contribution in [0.1, 0.15) is 15.9 Å². The Morgan fingerprint density at radius 1 is 0.969 bits per heavy atom. The van der Waals surface area contributed by atoms with Crippen molar-refractivity contribution in [3.63, 3.8) is 0 Å². The zero-order valence-corrected chi connectivity index (χ0v) is 16.3. The molecule has 4 rings (SSSR count). The lowest BCUT2D eigenvalue weighted by atomic mass is 10.1. The Bertz CT molecular complexity index is 1300. The maximum Gasteiger partial charge on any atom is 0.335 e. The molecule has 0 aliphatic rings. The zero-order chi connectivity index (χ0) is 22.7. The van der Waals surface area contributed by atoms with Crippen molar-refractivity contribution >= 4 is 17.9 Å². The molecule has 0 spiro atoms. The Morgan fingerprint density at radius 3 is 2.31 bits per heavy atom. The van der Waals surface area contributed by atoms with Crippen LogP contribution < -0.4 is 5.43 Å². The summed E-state index contributed by atoms with van der Waals surface area (Å²) < 4.78 is 42.3. The molecule has 0 fully saturated rings. The summed E-state index contributed by atoms with van der Waals surface area (Å²) in [4.78, 5) is 11.1. The molecule has 0 radical (unpaired) electrons. The number of nitrogens with zero attached hydrogens (tertiary/aromatic N) is 3. The average molecular weight is 436 g/mol. The Hall–Kier alpha value is -4.40. The fourth-order valence-corrected chi connectivity index (χ4v) is 2.96. The van der Waals surface area contributed by atoms with Crippen molar-refractivity contribution in [2.24, 2.45) is 5.10 Å². The zero-order valence-electron chi connectivity index (χ0n) is 16.3. The van der Waals surface area contributed by atoms with Gasteiger partial charge in [-0.1, -0.05) is 0 Å². The molecule has 4 aromatic rings. The van der Waals surface area contributed by atoms with Gasteiger partial charge in [-0.2, -0.15) is 10.2 Å². The molecule has 1 aromatic heterocycles. The van der Waals surface area contributed by atoms with Gasteiger partial charge in [0.15, 0.2) is 0 Å². The molecule has 9 heteroatoms. The van der Waals surface area contributed by atoms with Gasteiger partial charge in [0.2, 0.25) is 0 Å². The van der Waals surface area contributed by atoms with Crippen molar-refractivity contribution < 1.29 is 23.1 Å². The van der Waals surface area contributed by atoms with Gasteiger partial charge in [-0.3, -0.25) is 5.43 Å². The maximum absolute atomic E-state index is 14.4. The van der Waals surface area contributed by atoms with E-state index >= 15 is 0 Å². The molecular formula is C23H15F3N4O2. The molecule has 160 valence electrons. The van der Waals surface area contributed by atoms with Gasteiger partial charge in [0.1, 0.15) is 23.1 Å². The normalized spacial score (nSPS) is 11.1. The van der Waals surface area contributed by atoms with Gasteiger partial charge in [0.25, 0.3) is 0 Å². The lowest BCUT2D eigenvalue weighted by Gasteiger charge is -2.03. The minimum Gasteiger partial charge on any atom is -0.478 e. The van der Waals surface area contributed by atoms with Crippen molar-refractivity contribution in [2.45, 2.75) is 0 Å². The van der Waals surface area contributed by atoms with Crippen molar-refractivity contribution in [1.82, 2.24) is 9.78 Å². The number of carboxylic acids is 1. The van der Waals surface area contributed by atoms with Crippen LogP contribution in [0.25, 0.3) is 16.9 Å². The first-order chi connectivity index (χ1) is 15.4. The maximum atomic E-state index is 14.4. The molecule has 0 atom stereocenters. The summed E-state index contributed by atoms with van der Waals surface area (Å²) >= 11 is 0. The Balaban J connectivity index is 1.71. The number of carboxylic acid groups (broad SMARTS) is 1. The van der Waals surface area contributed by atoms with Crippen molar-refractivity contribution in [1.29, 1.82) is 0 Å². The second kappa shape index (κ2) is 8.76. The summed E-state index contributed by atoms with van der Waals surface area (Å²) in [7, 11) is 0. The van der Waals surface area contributed by atoms with Gasteiger partial charge >= 0.3 is 5.97 Å². The number of hydrogen-bond donors (Lipinski definition) is 2. The Labute approximate surface area is 180 Å². The van der Waals surface area contributed by atoms with E-state index in [-0.39, 0.29) is 22.6 Å². The first-order valence-electron chi connectivity index (χ1n) is 9.34. The SMILES string of the molecule is O=C(O)c1ccc(-n2cc(/C=N/Nc3ccc(F)cc3)c(-c3ccc(F)cc3F)n2)cc1. The van der Waals surface area contributed by atoms with Crippen LogP contribution in [0, 0.1) is 17.5 Å². The number of hydrogen-bond acceptors (Lipinski definition) is 4. The largest absolute Gasteiger partial charge is 0.478 e. The number of anilines is 1. The van der Waals surface area contributed by atoms with Crippen molar-refractivity contribution in [3.05, 3.63) is 102 Å². The summed E-state index contributed by atoms with van der Waals surface area (Å²) in [6.45, 7) is 0. The number of nitrogens with one attached hydrogen (secondary N) is 1. The fourth-order valence-electron chi connectivity index (χ4n) is 2.96. The molecule has 3 aromatic carbocycles. The number of aromatic carboxylic acids is 1. The van der Waals surface area contributed by atoms with E-state index in [1.54, 1.807) is 18.3 Å². The lowest BCUT2D eigenvalue weighted by Crippen LogP contribution is -1.99. The van der Waals surface area contributed by atoms with Crippen LogP contribution in [0.2, 0.25) is 0 Å². The van der Waals surface area contributed by atoms with Crippen molar-refractivity contribution in [3.8, 4) is 16.9 Å². The van der Waals surface area contributed by atoms with Gasteiger partial charge in [-0.25, -0.2) is 22.6 Å². The van der Waals surface area contributed by atoms with Gasteiger partial charge in [0.05, 0.1) is 23.2 Å². The molecule has 0 saturated heterocycles. The van der Waals surface area contributed by atoms with Crippen molar-refractivity contribution in [2.75, 3.05) is 5.43 Å². The lowest BCUT2D eigenvalue weighted by molar-refractivity contribution is 0.0697. The van der Waals surface area contributed by atoms with E-state index < -0.39 is 17.6 Å². The average Bonchev–Trinajstić information content (AvgIpc) is 3.19. The number of benzene rings is 3. The number of hydrazone groups is 1. The predicted octanol–water partition coefficient (Wildman–Crippen LogP) is 5.10. The number of aromatic nitrogens is 2. The van der Waals surface area contributed by atoms with Crippen LogP contribution in [-0.2, 0) is 0 Å². The number of carbonyl (C=O) groups is 1. The summed E-state index contributed by atoms with van der Waals surface area (Å²) in [6.07, 6.45) is 2.97. The minimum absolute atomic E-state index is 0.0653. The van der Waals surface area contributed by atoms with E-state index in [0.717, 1.165) is 12.1 Å². The van der Waals surface area contributed by atoms with Gasteiger partial charge < -0.3 is 5.11 Å². The Kier molecular flexibility index (Phi) is 5.71. The highest BCUT2D eigenvalue weighted by atomic mass is 19.1. The minimum atomic E-state index is -1.06. The third kappa shape index (κ3) is 4.51. The molecule has 2 N–H and O–H groups in total. The first kappa shape index (κ1) is 20.9. The van der Waals surface area contributed by atoms with Gasteiger partial charge in [-0.05, 0) is 60.7 Å². The van der Waals surface area contributed by atoms with Crippen LogP contribution in [0.4, 0.5) is 18.9 Å². The molecule has 0 unspecified atom stereocenters. The van der Waals surface area contributed by atoms with E-state index in [1.807, 2.05) is 0 Å². The Morgan fingerprint density at radius 2 is 1.66 bits per heavy atom. The summed E-state index contributed by atoms with van der Waals surface area (Å²) in [5, 5.41) is 17.5. The summed E-state index contributed by atoms with van der Waals surface area (Å²) in [5.74, 6) is -2.96. The van der Waals surface area contributed by atoms with Crippen LogP contribution in [0.15, 0.2) is 78.0 Å². The van der Waals surface area contributed by atoms with E-state index in [0.29, 0.717) is 16.9 Å². The molecule has 0 aliphatic carbocycles. The van der Waals surface area contributed by atoms with Crippen LogP contribution in [0.3, 0.4) is 0 Å². The molecule has 0 saturated carbocycles. The molecular weight excluding hydrogens is 421 g/mol. The summed E-state index contributed by atoms with van der Waals surface area (Å²) in [5.41, 5.74) is 4.59.